The van der Waals surface area contributed by atoms with E-state index in [1.54, 1.807) is 0 Å². The van der Waals surface area contributed by atoms with E-state index in [9.17, 15) is 4.79 Å². The molecule has 0 radical (unpaired) electrons. The Morgan fingerprint density at radius 1 is 1.28 bits per heavy atom. The van der Waals surface area contributed by atoms with Gasteiger partial charge in [0.25, 0.3) is 0 Å². The molecule has 0 aromatic heterocycles. The summed E-state index contributed by atoms with van der Waals surface area (Å²) in [6, 6.07) is 5.95. The first-order valence-electron chi connectivity index (χ1n) is 6.59. The number of carbonyl (C=O) groups excluding carboxylic acids is 1. The van der Waals surface area contributed by atoms with Crippen LogP contribution >= 0.6 is 15.9 Å². The van der Waals surface area contributed by atoms with Crippen LogP contribution in [0.25, 0.3) is 0 Å². The van der Waals surface area contributed by atoms with Crippen molar-refractivity contribution in [3.63, 3.8) is 0 Å². The van der Waals surface area contributed by atoms with Gasteiger partial charge < -0.3 is 5.32 Å². The summed E-state index contributed by atoms with van der Waals surface area (Å²) in [6.45, 7) is 4.12. The van der Waals surface area contributed by atoms with Crippen LogP contribution in [0.1, 0.15) is 44.6 Å². The Morgan fingerprint density at radius 2 is 1.94 bits per heavy atom. The number of hydrogen-bond donors (Lipinski definition) is 1. The molecule has 0 unspecified atom stereocenters. The lowest BCUT2D eigenvalue weighted by atomic mass is 9.75. The summed E-state index contributed by atoms with van der Waals surface area (Å²) < 4.78 is 0.984. The lowest BCUT2D eigenvalue weighted by Gasteiger charge is -2.32. The normalized spacial score (nSPS) is 18.4. The van der Waals surface area contributed by atoms with Gasteiger partial charge in [0.1, 0.15) is 0 Å². The van der Waals surface area contributed by atoms with Gasteiger partial charge in [0.15, 0.2) is 0 Å². The molecule has 0 spiro atoms. The number of hydrogen-bond acceptors (Lipinski definition) is 1. The van der Waals surface area contributed by atoms with Crippen molar-refractivity contribution in [3.05, 3.63) is 28.2 Å². The average molecular weight is 310 g/mol. The van der Waals surface area contributed by atoms with Gasteiger partial charge >= 0.3 is 0 Å². The number of benzene rings is 1. The molecule has 2 nitrogen and oxygen atoms in total. The highest BCUT2D eigenvalue weighted by molar-refractivity contribution is 9.10. The number of amides is 1. The summed E-state index contributed by atoms with van der Waals surface area (Å²) in [4.78, 5) is 12.4. The maximum atomic E-state index is 12.4. The predicted molar refractivity (Wildman–Crippen MR) is 78.7 cm³/mol. The van der Waals surface area contributed by atoms with E-state index in [1.807, 2.05) is 25.1 Å². The number of halogens is 1. The van der Waals surface area contributed by atoms with Crippen molar-refractivity contribution in [2.24, 2.45) is 5.41 Å². The highest BCUT2D eigenvalue weighted by Gasteiger charge is 2.34. The minimum absolute atomic E-state index is 0.161. The number of anilines is 1. The van der Waals surface area contributed by atoms with Gasteiger partial charge in [-0.05, 0) is 47.3 Å². The highest BCUT2D eigenvalue weighted by atomic mass is 79.9. The van der Waals surface area contributed by atoms with Crippen molar-refractivity contribution in [2.45, 2.75) is 46.0 Å². The Morgan fingerprint density at radius 3 is 2.61 bits per heavy atom. The van der Waals surface area contributed by atoms with Crippen molar-refractivity contribution >= 4 is 27.5 Å². The minimum Gasteiger partial charge on any atom is -0.325 e. The Kier molecular flexibility index (Phi) is 4.10. The van der Waals surface area contributed by atoms with E-state index < -0.39 is 0 Å². The third-order valence-corrected chi connectivity index (χ3v) is 5.00. The van der Waals surface area contributed by atoms with Crippen molar-refractivity contribution in [1.82, 2.24) is 0 Å². The quantitative estimate of drug-likeness (QED) is 0.845. The summed E-state index contributed by atoms with van der Waals surface area (Å²) in [5.41, 5.74) is 1.83. The molecule has 1 aliphatic rings. The smallest absolute Gasteiger partial charge is 0.230 e. The third kappa shape index (κ3) is 2.77. The molecule has 3 heteroatoms. The lowest BCUT2D eigenvalue weighted by molar-refractivity contribution is -0.126. The van der Waals surface area contributed by atoms with E-state index in [0.717, 1.165) is 28.6 Å². The first-order valence-corrected chi connectivity index (χ1v) is 7.39. The summed E-state index contributed by atoms with van der Waals surface area (Å²) in [6.07, 6.45) is 5.60. The fraction of sp³-hybridized carbons (Fsp3) is 0.533. The molecule has 0 saturated heterocycles. The van der Waals surface area contributed by atoms with Crippen LogP contribution in [-0.4, -0.2) is 5.91 Å². The molecule has 98 valence electrons. The molecule has 1 N–H and O–H groups in total. The molecule has 1 aromatic rings. The third-order valence-electron chi connectivity index (χ3n) is 3.95. The summed E-state index contributed by atoms with van der Waals surface area (Å²) >= 11 is 3.54. The van der Waals surface area contributed by atoms with E-state index in [-0.39, 0.29) is 11.3 Å². The number of carbonyl (C=O) groups is 1. The second-order valence-electron chi connectivity index (χ2n) is 5.51. The van der Waals surface area contributed by atoms with E-state index in [4.69, 9.17) is 0 Å². The zero-order valence-corrected chi connectivity index (χ0v) is 12.6. The topological polar surface area (TPSA) is 29.1 Å². The van der Waals surface area contributed by atoms with Gasteiger partial charge in [-0.3, -0.25) is 4.79 Å². The van der Waals surface area contributed by atoms with Crippen molar-refractivity contribution in [1.29, 1.82) is 0 Å². The molecule has 0 aliphatic heterocycles. The Labute approximate surface area is 117 Å². The summed E-state index contributed by atoms with van der Waals surface area (Å²) in [7, 11) is 0. The van der Waals surface area contributed by atoms with Crippen molar-refractivity contribution in [3.8, 4) is 0 Å². The maximum Gasteiger partial charge on any atom is 0.230 e. The maximum absolute atomic E-state index is 12.4. The standard InChI is InChI=1S/C15H20BrNO/c1-11-7-6-8-12(13(11)16)17-14(18)15(2)9-4-3-5-10-15/h6-8H,3-5,9-10H2,1-2H3,(H,17,18). The van der Waals surface area contributed by atoms with Gasteiger partial charge in [0, 0.05) is 9.89 Å². The molecule has 2 rings (SSSR count). The van der Waals surface area contributed by atoms with E-state index in [0.29, 0.717) is 0 Å². The monoisotopic (exact) mass is 309 g/mol. The van der Waals surface area contributed by atoms with Crippen LogP contribution in [0.2, 0.25) is 0 Å². The first kappa shape index (κ1) is 13.6. The van der Waals surface area contributed by atoms with Crippen molar-refractivity contribution in [2.75, 3.05) is 5.32 Å². The molecular weight excluding hydrogens is 290 g/mol. The molecular formula is C15H20BrNO. The zero-order valence-electron chi connectivity index (χ0n) is 11.1. The van der Waals surface area contributed by atoms with Gasteiger partial charge in [-0.15, -0.1) is 0 Å². The molecule has 1 aliphatic carbocycles. The Bertz CT molecular complexity index is 450. The second-order valence-corrected chi connectivity index (χ2v) is 6.30. The van der Waals surface area contributed by atoms with E-state index in [2.05, 4.69) is 28.2 Å². The van der Waals surface area contributed by atoms with Gasteiger partial charge in [0.2, 0.25) is 5.91 Å². The second kappa shape index (κ2) is 5.43. The molecule has 18 heavy (non-hydrogen) atoms. The molecule has 1 amide bonds. The van der Waals surface area contributed by atoms with Gasteiger partial charge in [-0.25, -0.2) is 0 Å². The SMILES string of the molecule is Cc1cccc(NC(=O)C2(C)CCCCC2)c1Br. The van der Waals surface area contributed by atoms with E-state index >= 15 is 0 Å². The number of aryl methyl sites for hydroxylation is 1. The van der Waals surface area contributed by atoms with Crippen LogP contribution in [0, 0.1) is 12.3 Å². The minimum atomic E-state index is -0.193. The summed E-state index contributed by atoms with van der Waals surface area (Å²) in [5, 5.41) is 3.08. The average Bonchev–Trinajstić information content (AvgIpc) is 2.36. The Hall–Kier alpha value is -0.830. The molecule has 0 heterocycles. The summed E-state index contributed by atoms with van der Waals surface area (Å²) in [5.74, 6) is 0.161. The van der Waals surface area contributed by atoms with Crippen LogP contribution in [0.3, 0.4) is 0 Å². The molecule has 1 saturated carbocycles. The van der Waals surface area contributed by atoms with Crippen LogP contribution in [0.15, 0.2) is 22.7 Å². The van der Waals surface area contributed by atoms with Gasteiger partial charge in [-0.1, -0.05) is 38.3 Å². The largest absolute Gasteiger partial charge is 0.325 e. The first-order chi connectivity index (χ1) is 8.53. The lowest BCUT2D eigenvalue weighted by Crippen LogP contribution is -2.35. The predicted octanol–water partition coefficient (Wildman–Crippen LogP) is 4.67. The molecule has 0 atom stereocenters. The van der Waals surface area contributed by atoms with Crippen LogP contribution < -0.4 is 5.32 Å². The molecule has 1 aromatic carbocycles. The molecule has 0 bridgehead atoms. The van der Waals surface area contributed by atoms with Gasteiger partial charge in [0.05, 0.1) is 5.69 Å². The van der Waals surface area contributed by atoms with Crippen molar-refractivity contribution < 1.29 is 4.79 Å². The number of nitrogens with one attached hydrogen (secondary N) is 1. The van der Waals surface area contributed by atoms with Crippen LogP contribution in [-0.2, 0) is 4.79 Å². The fourth-order valence-electron chi connectivity index (χ4n) is 2.58. The molecule has 1 fully saturated rings. The van der Waals surface area contributed by atoms with Crippen LogP contribution in [0.4, 0.5) is 5.69 Å². The Balaban J connectivity index is 2.13. The number of rotatable bonds is 2. The zero-order chi connectivity index (χ0) is 13.2. The van der Waals surface area contributed by atoms with E-state index in [1.165, 1.54) is 19.3 Å². The van der Waals surface area contributed by atoms with Crippen LogP contribution in [0.5, 0.6) is 0 Å². The fourth-order valence-corrected chi connectivity index (χ4v) is 2.94. The van der Waals surface area contributed by atoms with Gasteiger partial charge in [-0.2, -0.15) is 0 Å². The highest BCUT2D eigenvalue weighted by Crippen LogP contribution is 2.37.